The molecule has 1 heterocycles. The van der Waals surface area contributed by atoms with Crippen molar-refractivity contribution in [1.82, 2.24) is 4.98 Å². The van der Waals surface area contributed by atoms with Crippen LogP contribution in [-0.4, -0.2) is 17.9 Å². The first-order valence-electron chi connectivity index (χ1n) is 9.43. The maximum absolute atomic E-state index is 12.9. The van der Waals surface area contributed by atoms with Gasteiger partial charge in [-0.3, -0.25) is 4.79 Å². The van der Waals surface area contributed by atoms with Gasteiger partial charge in [0.25, 0.3) is 0 Å². The van der Waals surface area contributed by atoms with E-state index < -0.39 is 0 Å². The molecule has 26 heavy (non-hydrogen) atoms. The topological polar surface area (TPSA) is 42.1 Å². The van der Waals surface area contributed by atoms with Gasteiger partial charge in [-0.15, -0.1) is 0 Å². The molecule has 2 aromatic carbocycles. The minimum atomic E-state index is 0.0120. The number of carbonyl (C=O) groups excluding carboxylic acids is 1. The number of aromatic nitrogens is 1. The monoisotopic (exact) mass is 347 g/mol. The summed E-state index contributed by atoms with van der Waals surface area (Å²) in [5.41, 5.74) is 4.62. The minimum absolute atomic E-state index is 0.0120. The minimum Gasteiger partial charge on any atom is -0.496 e. The summed E-state index contributed by atoms with van der Waals surface area (Å²) < 4.78 is 5.68. The lowest BCUT2D eigenvalue weighted by Crippen LogP contribution is -2.27. The second kappa shape index (κ2) is 6.99. The zero-order chi connectivity index (χ0) is 18.1. The number of hydrogen-bond donors (Lipinski definition) is 1. The van der Waals surface area contributed by atoms with Gasteiger partial charge in [0.05, 0.1) is 7.11 Å². The Hall–Kier alpha value is -2.55. The largest absolute Gasteiger partial charge is 0.496 e. The van der Waals surface area contributed by atoms with Crippen LogP contribution in [0.3, 0.4) is 0 Å². The van der Waals surface area contributed by atoms with Crippen LogP contribution in [0.2, 0.25) is 0 Å². The third-order valence-electron chi connectivity index (χ3n) is 5.73. The molecule has 1 aromatic heterocycles. The first kappa shape index (κ1) is 16.9. The normalized spacial score (nSPS) is 18.8. The van der Waals surface area contributed by atoms with E-state index in [-0.39, 0.29) is 11.8 Å². The van der Waals surface area contributed by atoms with Crippen molar-refractivity contribution in [2.24, 2.45) is 5.92 Å². The molecule has 1 aliphatic carbocycles. The first-order valence-corrected chi connectivity index (χ1v) is 9.43. The van der Waals surface area contributed by atoms with Crippen LogP contribution >= 0.6 is 0 Å². The van der Waals surface area contributed by atoms with Gasteiger partial charge in [-0.2, -0.15) is 0 Å². The number of ether oxygens (including phenoxy) is 1. The second-order valence-electron chi connectivity index (χ2n) is 7.25. The molecular formula is C23H25NO2. The number of aryl methyl sites for hydroxylation is 1. The van der Waals surface area contributed by atoms with Gasteiger partial charge in [0, 0.05) is 40.4 Å². The van der Waals surface area contributed by atoms with Crippen molar-refractivity contribution in [1.29, 1.82) is 0 Å². The summed E-state index contributed by atoms with van der Waals surface area (Å²) in [5, 5.41) is 1.21. The molecular weight excluding hydrogens is 322 g/mol. The Morgan fingerprint density at radius 3 is 2.65 bits per heavy atom. The average Bonchev–Trinajstić information content (AvgIpc) is 3.00. The summed E-state index contributed by atoms with van der Waals surface area (Å²) in [6.07, 6.45) is 3.77. The third kappa shape index (κ3) is 2.82. The number of fused-ring (bicyclic) bond motifs is 1. The van der Waals surface area contributed by atoms with Crippen LogP contribution in [0.25, 0.3) is 10.9 Å². The van der Waals surface area contributed by atoms with Crippen molar-refractivity contribution in [3.05, 3.63) is 65.4 Å². The number of benzene rings is 2. The Kier molecular flexibility index (Phi) is 4.54. The van der Waals surface area contributed by atoms with E-state index >= 15 is 0 Å². The number of rotatable bonds is 4. The standard InChI is InChI=1S/C23H25NO2/c1-15-22(16-9-3-6-12-19(16)24-15)23(17-10-4-7-13-20(17)25)18-11-5-8-14-21(18)26-2/h3,5-6,8-9,11-12,14,17,23-24H,4,7,10,13H2,1-2H3. The molecule has 0 bridgehead atoms. The molecule has 2 atom stereocenters. The van der Waals surface area contributed by atoms with Crippen LogP contribution in [0.4, 0.5) is 0 Å². The molecule has 3 heteroatoms. The maximum atomic E-state index is 12.9. The Morgan fingerprint density at radius 2 is 1.85 bits per heavy atom. The van der Waals surface area contributed by atoms with Gasteiger partial charge < -0.3 is 9.72 Å². The number of hydrogen-bond acceptors (Lipinski definition) is 2. The average molecular weight is 347 g/mol. The van der Waals surface area contributed by atoms with Crippen molar-refractivity contribution in [3.63, 3.8) is 0 Å². The van der Waals surface area contributed by atoms with Crippen LogP contribution in [0.1, 0.15) is 48.4 Å². The highest BCUT2D eigenvalue weighted by Gasteiger charge is 2.36. The van der Waals surface area contributed by atoms with E-state index in [0.717, 1.165) is 41.8 Å². The van der Waals surface area contributed by atoms with Crippen molar-refractivity contribution < 1.29 is 9.53 Å². The van der Waals surface area contributed by atoms with Gasteiger partial charge in [-0.05, 0) is 37.5 Å². The van der Waals surface area contributed by atoms with E-state index in [4.69, 9.17) is 4.74 Å². The lowest BCUT2D eigenvalue weighted by Gasteiger charge is -2.31. The van der Waals surface area contributed by atoms with Crippen molar-refractivity contribution in [2.75, 3.05) is 7.11 Å². The Balaban J connectivity index is 1.96. The van der Waals surface area contributed by atoms with E-state index in [1.54, 1.807) is 7.11 Å². The predicted molar refractivity (Wildman–Crippen MR) is 105 cm³/mol. The molecule has 1 N–H and O–H groups in total. The lowest BCUT2D eigenvalue weighted by molar-refractivity contribution is -0.125. The summed E-state index contributed by atoms with van der Waals surface area (Å²) in [7, 11) is 1.71. The quantitative estimate of drug-likeness (QED) is 0.689. The number of H-pyrrole nitrogens is 1. The van der Waals surface area contributed by atoms with Crippen molar-refractivity contribution >= 4 is 16.7 Å². The van der Waals surface area contributed by atoms with Crippen LogP contribution in [-0.2, 0) is 4.79 Å². The van der Waals surface area contributed by atoms with Crippen LogP contribution < -0.4 is 4.74 Å². The fourth-order valence-corrected chi connectivity index (χ4v) is 4.56. The number of ketones is 1. The van der Waals surface area contributed by atoms with Gasteiger partial charge in [0.2, 0.25) is 0 Å². The van der Waals surface area contributed by atoms with Crippen molar-refractivity contribution in [3.8, 4) is 5.75 Å². The van der Waals surface area contributed by atoms with Gasteiger partial charge >= 0.3 is 0 Å². The highest BCUT2D eigenvalue weighted by atomic mass is 16.5. The number of aromatic amines is 1. The molecule has 0 amide bonds. The fraction of sp³-hybridized carbons (Fsp3) is 0.348. The number of methoxy groups -OCH3 is 1. The van der Waals surface area contributed by atoms with Crippen molar-refractivity contribution in [2.45, 2.75) is 38.5 Å². The molecule has 1 aliphatic rings. The molecule has 3 aromatic rings. The molecule has 0 aliphatic heterocycles. The molecule has 0 radical (unpaired) electrons. The van der Waals surface area contributed by atoms with Crippen LogP contribution in [0.5, 0.6) is 5.75 Å². The zero-order valence-electron chi connectivity index (χ0n) is 15.4. The molecule has 134 valence electrons. The van der Waals surface area contributed by atoms with E-state index in [2.05, 4.69) is 36.2 Å². The van der Waals surface area contributed by atoms with Gasteiger partial charge in [0.1, 0.15) is 11.5 Å². The summed E-state index contributed by atoms with van der Waals surface area (Å²) in [6.45, 7) is 2.12. The molecule has 1 saturated carbocycles. The summed E-state index contributed by atoms with van der Waals surface area (Å²) in [4.78, 5) is 16.4. The van der Waals surface area contributed by atoms with Crippen LogP contribution in [0, 0.1) is 12.8 Å². The smallest absolute Gasteiger partial charge is 0.136 e. The molecule has 0 saturated heterocycles. The van der Waals surface area contributed by atoms with E-state index in [0.29, 0.717) is 12.2 Å². The first-order chi connectivity index (χ1) is 12.7. The fourth-order valence-electron chi connectivity index (χ4n) is 4.56. The van der Waals surface area contributed by atoms with Crippen LogP contribution in [0.15, 0.2) is 48.5 Å². The summed E-state index contributed by atoms with van der Waals surface area (Å²) >= 11 is 0. The number of nitrogens with one attached hydrogen (secondary N) is 1. The maximum Gasteiger partial charge on any atom is 0.136 e. The van der Waals surface area contributed by atoms with E-state index in [9.17, 15) is 4.79 Å². The SMILES string of the molecule is COc1ccccc1C(c1c(C)[nH]c2ccccc12)C1CCCCC1=O. The number of para-hydroxylation sites is 2. The number of Topliss-reactive ketones (excluding diaryl/α,β-unsaturated/α-hetero) is 1. The number of carbonyl (C=O) groups is 1. The zero-order valence-corrected chi connectivity index (χ0v) is 15.4. The molecule has 3 nitrogen and oxygen atoms in total. The second-order valence-corrected chi connectivity index (χ2v) is 7.25. The van der Waals surface area contributed by atoms with E-state index in [1.807, 2.05) is 24.3 Å². The molecule has 1 fully saturated rings. The molecule has 2 unspecified atom stereocenters. The Morgan fingerprint density at radius 1 is 1.08 bits per heavy atom. The Labute approximate surface area is 154 Å². The lowest BCUT2D eigenvalue weighted by atomic mass is 9.72. The van der Waals surface area contributed by atoms with Gasteiger partial charge in [-0.1, -0.05) is 42.8 Å². The molecule has 0 spiro atoms. The Bertz CT molecular complexity index is 940. The molecule has 4 rings (SSSR count). The van der Waals surface area contributed by atoms with E-state index in [1.165, 1.54) is 10.9 Å². The third-order valence-corrected chi connectivity index (χ3v) is 5.73. The van der Waals surface area contributed by atoms with Gasteiger partial charge in [0.15, 0.2) is 0 Å². The summed E-state index contributed by atoms with van der Waals surface area (Å²) in [5.74, 6) is 1.28. The highest BCUT2D eigenvalue weighted by Crippen LogP contribution is 2.45. The highest BCUT2D eigenvalue weighted by molar-refractivity contribution is 5.89. The van der Waals surface area contributed by atoms with Gasteiger partial charge in [-0.25, -0.2) is 0 Å². The summed E-state index contributed by atoms with van der Waals surface area (Å²) in [6, 6.07) is 16.5. The predicted octanol–water partition coefficient (Wildman–Crippen LogP) is 5.38.